The standard InChI is InChI=1S/C31H43F7N8O/c1-5-26(45-10-8-29(9-11-45,27(39)47)42-16-19(2)3)25-7-6-22(30(33,34)35)14-21(25)18-46(28(40)43-44(4)41)17-20-12-23(31(36,37)38)15-24(32)13-20/h6-7,12-15,19,26,42H,5,8-11,16-18,41H2,1-4H3,(H2,39,47)(H2,40,43). The molecule has 262 valence electrons. The molecule has 2 aromatic carbocycles. The van der Waals surface area contributed by atoms with Crippen LogP contribution >= 0.6 is 0 Å². The van der Waals surface area contributed by atoms with Crippen LogP contribution in [-0.4, -0.2) is 59.0 Å². The average Bonchev–Trinajstić information content (AvgIpc) is 2.95. The average molecular weight is 677 g/mol. The molecule has 1 fully saturated rings. The predicted octanol–water partition coefficient (Wildman–Crippen LogP) is 4.92. The van der Waals surface area contributed by atoms with Crippen molar-refractivity contribution in [2.45, 2.75) is 77.1 Å². The summed E-state index contributed by atoms with van der Waals surface area (Å²) in [6, 6.07) is 4.90. The number of carbonyl (C=O) groups excluding carboxylic acids is 1. The molecule has 47 heavy (non-hydrogen) atoms. The number of benzene rings is 2. The Hall–Kier alpha value is -3.63. The Balaban J connectivity index is 2.05. The minimum Gasteiger partial charge on any atom is -0.368 e. The zero-order valence-electron chi connectivity index (χ0n) is 26.9. The number of hydrogen-bond acceptors (Lipinski definition) is 6. The van der Waals surface area contributed by atoms with Crippen LogP contribution < -0.4 is 22.6 Å². The molecule has 1 unspecified atom stereocenters. The number of amides is 1. The molecule has 1 atom stereocenters. The number of alkyl halides is 6. The summed E-state index contributed by atoms with van der Waals surface area (Å²) >= 11 is 0. The van der Waals surface area contributed by atoms with E-state index in [2.05, 4.69) is 15.3 Å². The summed E-state index contributed by atoms with van der Waals surface area (Å²) in [5, 5.41) is 8.06. The maximum absolute atomic E-state index is 14.3. The van der Waals surface area contributed by atoms with Gasteiger partial charge in [0.1, 0.15) is 11.4 Å². The van der Waals surface area contributed by atoms with Gasteiger partial charge in [-0.3, -0.25) is 9.69 Å². The van der Waals surface area contributed by atoms with E-state index in [1.807, 2.05) is 20.8 Å². The van der Waals surface area contributed by atoms with Gasteiger partial charge in [-0.15, -0.1) is 5.10 Å². The topological polar surface area (TPSA) is 129 Å². The van der Waals surface area contributed by atoms with Gasteiger partial charge in [-0.05, 0) is 78.7 Å². The maximum atomic E-state index is 14.3. The van der Waals surface area contributed by atoms with Crippen LogP contribution in [0.5, 0.6) is 0 Å². The molecule has 2 aromatic rings. The number of nitrogens with zero attached hydrogens (tertiary/aromatic N) is 4. The van der Waals surface area contributed by atoms with Crippen LogP contribution in [0, 0.1) is 11.7 Å². The molecule has 1 saturated heterocycles. The first kappa shape index (κ1) is 37.8. The Kier molecular flexibility index (Phi) is 12.1. The molecule has 0 spiro atoms. The molecule has 1 heterocycles. The highest BCUT2D eigenvalue weighted by atomic mass is 19.4. The largest absolute Gasteiger partial charge is 0.416 e. The highest BCUT2D eigenvalue weighted by Crippen LogP contribution is 2.37. The fourth-order valence-electron chi connectivity index (χ4n) is 5.82. The van der Waals surface area contributed by atoms with Gasteiger partial charge in [0.25, 0.3) is 0 Å². The lowest BCUT2D eigenvalue weighted by Gasteiger charge is -2.44. The fraction of sp³-hybridized carbons (Fsp3) is 0.548. The minimum absolute atomic E-state index is 0.136. The molecule has 1 aliphatic rings. The molecule has 0 radical (unpaired) electrons. The number of halogens is 7. The van der Waals surface area contributed by atoms with Crippen molar-refractivity contribution in [1.29, 1.82) is 0 Å². The van der Waals surface area contributed by atoms with Crippen molar-refractivity contribution in [1.82, 2.24) is 20.2 Å². The Morgan fingerprint density at radius 1 is 1.00 bits per heavy atom. The van der Waals surface area contributed by atoms with Crippen LogP contribution in [0.25, 0.3) is 0 Å². The van der Waals surface area contributed by atoms with Crippen LogP contribution in [0.2, 0.25) is 0 Å². The summed E-state index contributed by atoms with van der Waals surface area (Å²) in [6.07, 6.45) is -8.29. The highest BCUT2D eigenvalue weighted by molar-refractivity contribution is 5.84. The number of piperidine rings is 1. The second kappa shape index (κ2) is 15.1. The lowest BCUT2D eigenvalue weighted by molar-refractivity contribution is -0.138. The number of hydrogen-bond donors (Lipinski definition) is 4. The summed E-state index contributed by atoms with van der Waals surface area (Å²) in [7, 11) is 1.33. The minimum atomic E-state index is -4.84. The number of nitrogens with two attached hydrogens (primary N) is 3. The molecule has 3 rings (SSSR count). The van der Waals surface area contributed by atoms with Crippen molar-refractivity contribution in [3.05, 3.63) is 70.0 Å². The summed E-state index contributed by atoms with van der Waals surface area (Å²) < 4.78 is 96.5. The monoisotopic (exact) mass is 676 g/mol. The number of hydrazone groups is 1. The Morgan fingerprint density at radius 2 is 1.62 bits per heavy atom. The van der Waals surface area contributed by atoms with Gasteiger partial charge in [0.05, 0.1) is 11.1 Å². The quantitative estimate of drug-likeness (QED) is 0.0827. The lowest BCUT2D eigenvalue weighted by Crippen LogP contribution is -2.61. The molecular weight excluding hydrogens is 633 g/mol. The predicted molar refractivity (Wildman–Crippen MR) is 164 cm³/mol. The van der Waals surface area contributed by atoms with Gasteiger partial charge in [-0.25, -0.2) is 15.4 Å². The van der Waals surface area contributed by atoms with Crippen LogP contribution in [0.3, 0.4) is 0 Å². The first-order valence-electron chi connectivity index (χ1n) is 15.2. The smallest absolute Gasteiger partial charge is 0.368 e. The summed E-state index contributed by atoms with van der Waals surface area (Å²) in [6.45, 7) is 6.55. The molecule has 9 nitrogen and oxygen atoms in total. The molecule has 16 heteroatoms. The van der Waals surface area contributed by atoms with Crippen molar-refractivity contribution in [3.63, 3.8) is 0 Å². The van der Waals surface area contributed by atoms with E-state index in [-0.39, 0.29) is 29.5 Å². The fourth-order valence-corrected chi connectivity index (χ4v) is 5.82. The third-order valence-electron chi connectivity index (χ3n) is 8.23. The lowest BCUT2D eigenvalue weighted by atomic mass is 9.84. The number of likely N-dealkylation sites (tertiary alicyclic amines) is 1. The first-order chi connectivity index (χ1) is 21.8. The summed E-state index contributed by atoms with van der Waals surface area (Å²) in [5.41, 5.74) is 9.45. The van der Waals surface area contributed by atoms with Crippen molar-refractivity contribution in [3.8, 4) is 0 Å². The van der Waals surface area contributed by atoms with E-state index in [1.165, 1.54) is 18.0 Å². The Morgan fingerprint density at radius 3 is 2.13 bits per heavy atom. The number of guanidine groups is 1. The number of primary amides is 1. The molecule has 1 amide bonds. The molecule has 0 saturated carbocycles. The van der Waals surface area contributed by atoms with Crippen molar-refractivity contribution in [2.75, 3.05) is 26.7 Å². The van der Waals surface area contributed by atoms with E-state index in [4.69, 9.17) is 17.3 Å². The number of hydrazine groups is 1. The number of nitrogens with one attached hydrogen (secondary N) is 1. The van der Waals surface area contributed by atoms with E-state index in [1.54, 1.807) is 0 Å². The van der Waals surface area contributed by atoms with E-state index < -0.39 is 53.3 Å². The molecule has 0 aliphatic carbocycles. The van der Waals surface area contributed by atoms with Gasteiger partial charge in [0, 0.05) is 39.3 Å². The second-order valence-electron chi connectivity index (χ2n) is 12.3. The van der Waals surface area contributed by atoms with E-state index in [0.29, 0.717) is 50.5 Å². The van der Waals surface area contributed by atoms with Crippen LogP contribution in [0.1, 0.15) is 73.9 Å². The van der Waals surface area contributed by atoms with E-state index in [9.17, 15) is 35.5 Å². The molecular formula is C31H43F7N8O. The molecule has 0 aromatic heterocycles. The third kappa shape index (κ3) is 9.93. The van der Waals surface area contributed by atoms with Crippen LogP contribution in [0.15, 0.2) is 41.5 Å². The van der Waals surface area contributed by atoms with Gasteiger partial charge in [0.2, 0.25) is 11.9 Å². The van der Waals surface area contributed by atoms with Gasteiger partial charge in [-0.2, -0.15) is 26.3 Å². The van der Waals surface area contributed by atoms with Crippen molar-refractivity contribution >= 4 is 11.9 Å². The Labute approximate surface area is 269 Å². The maximum Gasteiger partial charge on any atom is 0.416 e. The number of carbonyl (C=O) groups is 1. The third-order valence-corrected chi connectivity index (χ3v) is 8.23. The second-order valence-corrected chi connectivity index (χ2v) is 12.3. The summed E-state index contributed by atoms with van der Waals surface area (Å²) in [5.74, 6) is 3.96. The van der Waals surface area contributed by atoms with Gasteiger partial charge < -0.3 is 21.7 Å². The van der Waals surface area contributed by atoms with Crippen molar-refractivity contribution < 1.29 is 35.5 Å². The normalized spacial score (nSPS) is 16.7. The SMILES string of the molecule is CCC(c1ccc(C(F)(F)F)cc1CN(Cc1cc(F)cc(C(F)(F)F)c1)/C(N)=N/N(C)N)N1CCC(NCC(C)C)(C(N)=O)CC1. The first-order valence-corrected chi connectivity index (χ1v) is 15.2. The van der Waals surface area contributed by atoms with Crippen LogP contribution in [0.4, 0.5) is 30.7 Å². The van der Waals surface area contributed by atoms with E-state index in [0.717, 1.165) is 29.4 Å². The number of rotatable bonds is 12. The summed E-state index contributed by atoms with van der Waals surface area (Å²) in [4.78, 5) is 15.8. The highest BCUT2D eigenvalue weighted by Gasteiger charge is 2.41. The van der Waals surface area contributed by atoms with Crippen LogP contribution in [-0.2, 0) is 30.2 Å². The van der Waals surface area contributed by atoms with Gasteiger partial charge in [0.15, 0.2) is 0 Å². The van der Waals surface area contributed by atoms with E-state index >= 15 is 0 Å². The van der Waals surface area contributed by atoms with Crippen molar-refractivity contribution in [2.24, 2.45) is 28.3 Å². The zero-order chi connectivity index (χ0) is 35.3. The van der Waals surface area contributed by atoms with Gasteiger partial charge in [-0.1, -0.05) is 26.8 Å². The Bertz CT molecular complexity index is 1400. The molecule has 0 bridgehead atoms. The molecule has 7 N–H and O–H groups in total. The van der Waals surface area contributed by atoms with Gasteiger partial charge >= 0.3 is 12.4 Å². The zero-order valence-corrected chi connectivity index (χ0v) is 26.9. The molecule has 1 aliphatic heterocycles.